The highest BCUT2D eigenvalue weighted by Gasteiger charge is 2.25. The topological polar surface area (TPSA) is 92.0 Å². The summed E-state index contributed by atoms with van der Waals surface area (Å²) in [6, 6.07) is 6.80. The highest BCUT2D eigenvalue weighted by molar-refractivity contribution is 7.17. The smallest absolute Gasteiger partial charge is 0.223 e. The van der Waals surface area contributed by atoms with E-state index in [2.05, 4.69) is 33.1 Å². The summed E-state index contributed by atoms with van der Waals surface area (Å²) in [7, 11) is 0. The maximum absolute atomic E-state index is 5.47. The lowest BCUT2D eigenvalue weighted by Crippen LogP contribution is -2.35. The molecule has 0 amide bonds. The minimum atomic E-state index is 0.550. The molecule has 7 nitrogen and oxygen atoms in total. The Bertz CT molecular complexity index is 1000. The maximum Gasteiger partial charge on any atom is 0.223 e. The highest BCUT2D eigenvalue weighted by Crippen LogP contribution is 2.41. The number of nitrogens with two attached hydrogens (primary N) is 1. The van der Waals surface area contributed by atoms with Gasteiger partial charge in [-0.15, -0.1) is 22.7 Å². The number of hydrogen-bond acceptors (Lipinski definition) is 9. The van der Waals surface area contributed by atoms with Crippen LogP contribution >= 0.6 is 22.7 Å². The summed E-state index contributed by atoms with van der Waals surface area (Å²) < 4.78 is 0. The number of rotatable bonds is 5. The van der Waals surface area contributed by atoms with Crippen LogP contribution in [0.15, 0.2) is 29.8 Å². The Labute approximate surface area is 203 Å². The zero-order valence-corrected chi connectivity index (χ0v) is 20.6. The van der Waals surface area contributed by atoms with Crippen LogP contribution in [0, 0.1) is 0 Å². The zero-order valence-electron chi connectivity index (χ0n) is 19.0. The predicted molar refractivity (Wildman–Crippen MR) is 138 cm³/mol. The van der Waals surface area contributed by atoms with E-state index in [1.54, 1.807) is 11.3 Å². The summed E-state index contributed by atoms with van der Waals surface area (Å²) in [5.74, 6) is 6.76. The first-order chi connectivity index (χ1) is 16.3. The number of thiazole rings is 1. The van der Waals surface area contributed by atoms with Gasteiger partial charge in [-0.1, -0.05) is 12.5 Å². The first kappa shape index (κ1) is 22.9. The average Bonchev–Trinajstić information content (AvgIpc) is 3.33. The van der Waals surface area contributed by atoms with Gasteiger partial charge in [0.15, 0.2) is 0 Å². The number of hydrogen-bond donors (Lipinski definition) is 3. The van der Waals surface area contributed by atoms with Gasteiger partial charge in [0, 0.05) is 31.2 Å². The summed E-state index contributed by atoms with van der Waals surface area (Å²) in [6.07, 6.45) is 10.6. The minimum absolute atomic E-state index is 0.550. The van der Waals surface area contributed by atoms with Crippen LogP contribution < -0.4 is 16.5 Å². The van der Waals surface area contributed by atoms with Gasteiger partial charge in [0.2, 0.25) is 5.95 Å². The molecule has 0 spiro atoms. The Hall–Kier alpha value is -1.91. The fraction of sp³-hybridized carbons (Fsp3) is 0.542. The van der Waals surface area contributed by atoms with Crippen LogP contribution in [0.2, 0.25) is 0 Å². The molecule has 3 aromatic heterocycles. The van der Waals surface area contributed by atoms with Crippen LogP contribution in [0.1, 0.15) is 55.9 Å². The molecule has 0 bridgehead atoms. The van der Waals surface area contributed by atoms with Gasteiger partial charge >= 0.3 is 0 Å². The van der Waals surface area contributed by atoms with Crippen LogP contribution in [0.5, 0.6) is 0 Å². The Morgan fingerprint density at radius 1 is 1.03 bits per heavy atom. The van der Waals surface area contributed by atoms with Crippen LogP contribution in [-0.2, 0) is 0 Å². The van der Waals surface area contributed by atoms with Gasteiger partial charge < -0.3 is 10.6 Å². The van der Waals surface area contributed by atoms with E-state index in [0.717, 1.165) is 56.4 Å². The SMILES string of the molecule is NN1CCCCC1.c1csc(-c2nc(C3CCNCC3)sc2-c2ccnc(NC3CC3)n2)c1. The molecule has 3 fully saturated rings. The first-order valence-corrected chi connectivity index (χ1v) is 13.8. The summed E-state index contributed by atoms with van der Waals surface area (Å²) in [6.45, 7) is 4.35. The van der Waals surface area contributed by atoms with E-state index in [4.69, 9.17) is 15.8 Å². The molecule has 9 heteroatoms. The predicted octanol–water partition coefficient (Wildman–Crippen LogP) is 4.72. The average molecular weight is 484 g/mol. The molecule has 3 aromatic rings. The Balaban J connectivity index is 0.000000281. The molecule has 33 heavy (non-hydrogen) atoms. The van der Waals surface area contributed by atoms with Crippen LogP contribution in [-0.4, -0.2) is 52.2 Å². The zero-order chi connectivity index (χ0) is 22.5. The molecular formula is C24H33N7S2. The largest absolute Gasteiger partial charge is 0.351 e. The third-order valence-corrected chi connectivity index (χ3v) is 8.39. The van der Waals surface area contributed by atoms with E-state index in [0.29, 0.717) is 12.0 Å². The fourth-order valence-corrected chi connectivity index (χ4v) is 6.22. The lowest BCUT2D eigenvalue weighted by Gasteiger charge is -2.20. The number of piperidine rings is 2. The molecule has 2 aliphatic heterocycles. The molecule has 1 saturated carbocycles. The molecule has 176 valence electrons. The number of aromatic nitrogens is 3. The van der Waals surface area contributed by atoms with E-state index >= 15 is 0 Å². The van der Waals surface area contributed by atoms with Crippen molar-refractivity contribution < 1.29 is 0 Å². The Morgan fingerprint density at radius 2 is 1.85 bits per heavy atom. The van der Waals surface area contributed by atoms with Gasteiger partial charge in [0.05, 0.1) is 20.5 Å². The number of nitrogens with zero attached hydrogens (tertiary/aromatic N) is 4. The van der Waals surface area contributed by atoms with E-state index in [9.17, 15) is 0 Å². The summed E-state index contributed by atoms with van der Waals surface area (Å²) in [5, 5.41) is 12.1. The second-order valence-corrected chi connectivity index (χ2v) is 11.0. The van der Waals surface area contributed by atoms with Gasteiger partial charge in [0.25, 0.3) is 0 Å². The van der Waals surface area contributed by atoms with Crippen molar-refractivity contribution in [1.29, 1.82) is 0 Å². The molecule has 0 aromatic carbocycles. The van der Waals surface area contributed by atoms with Gasteiger partial charge in [-0.05, 0) is 69.1 Å². The van der Waals surface area contributed by atoms with E-state index in [1.807, 2.05) is 28.6 Å². The molecule has 5 heterocycles. The monoisotopic (exact) mass is 483 g/mol. The molecule has 4 N–H and O–H groups in total. The molecule has 6 rings (SSSR count). The maximum atomic E-state index is 5.47. The van der Waals surface area contributed by atoms with Gasteiger partial charge in [0.1, 0.15) is 5.69 Å². The van der Waals surface area contributed by atoms with Gasteiger partial charge in [-0.25, -0.2) is 20.0 Å². The molecule has 1 aliphatic carbocycles. The molecule has 3 aliphatic rings. The van der Waals surface area contributed by atoms with Gasteiger partial charge in [-0.2, -0.15) is 0 Å². The van der Waals surface area contributed by atoms with Crippen LogP contribution in [0.3, 0.4) is 0 Å². The Kier molecular flexibility index (Phi) is 7.63. The van der Waals surface area contributed by atoms with Crippen LogP contribution in [0.4, 0.5) is 5.95 Å². The number of nitrogens with one attached hydrogen (secondary N) is 2. The normalized spacial score (nSPS) is 19.7. The van der Waals surface area contributed by atoms with E-state index in [-0.39, 0.29) is 0 Å². The number of hydrazine groups is 1. The fourth-order valence-electron chi connectivity index (χ4n) is 4.22. The van der Waals surface area contributed by atoms with E-state index in [1.165, 1.54) is 46.9 Å². The second-order valence-electron chi connectivity index (χ2n) is 9.01. The van der Waals surface area contributed by atoms with Crippen molar-refractivity contribution in [2.45, 2.75) is 56.9 Å². The standard InChI is InChI=1S/C19H21N5S2.C5H12N2/c1-2-15(25-11-1)16-17(26-18(24-16)12-5-8-20-9-6-12)14-7-10-21-19(23-14)22-13-3-4-13;6-7-4-2-1-3-5-7/h1-2,7,10-13,20H,3-6,8-9H2,(H,21,22,23);1-6H2. The molecular weight excluding hydrogens is 450 g/mol. The van der Waals surface area contributed by atoms with Crippen molar-refractivity contribution >= 4 is 28.6 Å². The summed E-state index contributed by atoms with van der Waals surface area (Å²) >= 11 is 3.55. The second kappa shape index (κ2) is 11.0. The third-order valence-electron chi connectivity index (χ3n) is 6.28. The van der Waals surface area contributed by atoms with Crippen molar-refractivity contribution in [3.63, 3.8) is 0 Å². The third kappa shape index (κ3) is 6.16. The molecule has 0 radical (unpaired) electrons. The first-order valence-electron chi connectivity index (χ1n) is 12.1. The van der Waals surface area contributed by atoms with Gasteiger partial charge in [-0.3, -0.25) is 5.84 Å². The van der Waals surface area contributed by atoms with E-state index < -0.39 is 0 Å². The van der Waals surface area contributed by atoms with Crippen molar-refractivity contribution in [2.24, 2.45) is 5.84 Å². The number of thiophene rings is 1. The van der Waals surface area contributed by atoms with Crippen LogP contribution in [0.25, 0.3) is 21.1 Å². The van der Waals surface area contributed by atoms with Crippen molar-refractivity contribution in [3.05, 3.63) is 34.8 Å². The van der Waals surface area contributed by atoms with Crippen molar-refractivity contribution in [1.82, 2.24) is 25.3 Å². The molecule has 2 saturated heterocycles. The highest BCUT2D eigenvalue weighted by atomic mass is 32.1. The van der Waals surface area contributed by atoms with Crippen molar-refractivity contribution in [2.75, 3.05) is 31.5 Å². The Morgan fingerprint density at radius 3 is 2.52 bits per heavy atom. The lowest BCUT2D eigenvalue weighted by molar-refractivity contribution is 0.235. The quantitative estimate of drug-likeness (QED) is 0.452. The number of anilines is 1. The lowest BCUT2D eigenvalue weighted by atomic mass is 9.99. The summed E-state index contributed by atoms with van der Waals surface area (Å²) in [5.41, 5.74) is 2.05. The minimum Gasteiger partial charge on any atom is -0.351 e. The molecule has 0 unspecified atom stereocenters. The van der Waals surface area contributed by atoms with Crippen molar-refractivity contribution in [3.8, 4) is 21.1 Å². The summed E-state index contributed by atoms with van der Waals surface area (Å²) in [4.78, 5) is 16.6. The molecule has 0 atom stereocenters.